The van der Waals surface area contributed by atoms with E-state index in [-0.39, 0.29) is 0 Å². The maximum absolute atomic E-state index is 5.31. The van der Waals surface area contributed by atoms with Gasteiger partial charge in [-0.3, -0.25) is 0 Å². The van der Waals surface area contributed by atoms with Gasteiger partial charge in [-0.15, -0.1) is 0 Å². The van der Waals surface area contributed by atoms with Gasteiger partial charge in [0, 0.05) is 0 Å². The van der Waals surface area contributed by atoms with Crippen molar-refractivity contribution in [3.63, 3.8) is 0 Å². The molecule has 1 saturated heterocycles. The quantitative estimate of drug-likeness (QED) is 0.431. The van der Waals surface area contributed by atoms with E-state index in [1.54, 1.807) is 0 Å². The molecule has 0 spiro atoms. The van der Waals surface area contributed by atoms with Crippen molar-refractivity contribution >= 4 is 20.1 Å². The number of hydrogen-bond donors (Lipinski definition) is 0. The molecule has 0 aromatic heterocycles. The number of alkyl halides is 2. The third-order valence-corrected chi connectivity index (χ3v) is 5.89. The van der Waals surface area contributed by atoms with Crippen LogP contribution in [-0.4, -0.2) is 39.3 Å². The van der Waals surface area contributed by atoms with Gasteiger partial charge in [0.05, 0.1) is 0 Å². The van der Waals surface area contributed by atoms with Crippen molar-refractivity contribution < 1.29 is 4.74 Å². The number of rotatable bonds is 2. The van der Waals surface area contributed by atoms with Crippen LogP contribution in [0, 0.1) is 0 Å². The minimum atomic E-state index is -0.668. The maximum atomic E-state index is 5.31. The van der Waals surface area contributed by atoms with Crippen molar-refractivity contribution in [2.45, 2.75) is 18.9 Å². The molecule has 0 N–H and O–H groups in total. The van der Waals surface area contributed by atoms with E-state index in [1.807, 2.05) is 7.11 Å². The summed E-state index contributed by atoms with van der Waals surface area (Å²) < 4.78 is 7.98. The molecule has 0 aliphatic carbocycles. The van der Waals surface area contributed by atoms with Crippen molar-refractivity contribution in [2.24, 2.45) is 0 Å². The summed E-state index contributed by atoms with van der Waals surface area (Å²) in [5, 5.41) is 0. The molecule has 0 radical (unpaired) electrons. The van der Waals surface area contributed by atoms with Crippen LogP contribution in [0.5, 0.6) is 0 Å². The fraction of sp³-hybridized carbons (Fsp3) is 1.00. The minimum absolute atomic E-state index is 0.544. The predicted octanol–water partition coefficient (Wildman–Crippen LogP) is 1.78. The van der Waals surface area contributed by atoms with Gasteiger partial charge in [-0.05, 0) is 0 Å². The van der Waals surface area contributed by atoms with E-state index in [1.165, 1.54) is 25.9 Å². The summed E-state index contributed by atoms with van der Waals surface area (Å²) in [7, 11) is 1.83. The number of ether oxygens (including phenoxy) is 1. The van der Waals surface area contributed by atoms with Crippen molar-refractivity contribution in [3.8, 4) is 0 Å². The van der Waals surface area contributed by atoms with Gasteiger partial charge in [0.15, 0.2) is 0 Å². The fourth-order valence-corrected chi connectivity index (χ4v) is 3.88. The van der Waals surface area contributed by atoms with Crippen LogP contribution in [0.3, 0.4) is 0 Å². The Morgan fingerprint density at radius 3 is 2.18 bits per heavy atom. The Bertz CT molecular complexity index is 111. The van der Waals surface area contributed by atoms with Gasteiger partial charge in [0.2, 0.25) is 0 Å². The Kier molecular flexibility index (Phi) is 4.09. The summed E-state index contributed by atoms with van der Waals surface area (Å²) in [6.45, 7) is 2.55. The van der Waals surface area contributed by atoms with Crippen LogP contribution < -0.4 is 0 Å². The standard InChI is InChI=1S/C8H18INO/c1-9(2)10-6-4-8(11-3)5-7-10/h8H,4-7H2,1-3H3. The molecule has 0 bridgehead atoms. The SMILES string of the molecule is COC1CCN(I(C)C)CC1. The van der Waals surface area contributed by atoms with Crippen LogP contribution in [0.1, 0.15) is 12.8 Å². The third kappa shape index (κ3) is 2.87. The molecular formula is C8H18INO. The molecule has 0 amide bonds. The Balaban J connectivity index is 2.24. The Morgan fingerprint density at radius 1 is 1.27 bits per heavy atom. The van der Waals surface area contributed by atoms with Crippen LogP contribution in [0.4, 0.5) is 0 Å². The van der Waals surface area contributed by atoms with Crippen LogP contribution in [-0.2, 0) is 4.74 Å². The number of halogens is 1. The molecule has 2 nitrogen and oxygen atoms in total. The van der Waals surface area contributed by atoms with E-state index < -0.39 is 20.1 Å². The van der Waals surface area contributed by atoms with E-state index in [0.29, 0.717) is 6.10 Å². The normalized spacial score (nSPS) is 23.7. The van der Waals surface area contributed by atoms with Crippen molar-refractivity contribution in [3.05, 3.63) is 0 Å². The van der Waals surface area contributed by atoms with Crippen molar-refractivity contribution in [2.75, 3.05) is 30.1 Å². The van der Waals surface area contributed by atoms with E-state index >= 15 is 0 Å². The molecule has 0 unspecified atom stereocenters. The fourth-order valence-electron chi connectivity index (χ4n) is 1.40. The molecule has 1 fully saturated rings. The molecule has 0 saturated carbocycles. The van der Waals surface area contributed by atoms with Crippen LogP contribution in [0.15, 0.2) is 0 Å². The van der Waals surface area contributed by atoms with Gasteiger partial charge in [0.25, 0.3) is 0 Å². The number of piperidine rings is 1. The van der Waals surface area contributed by atoms with E-state index in [2.05, 4.69) is 13.0 Å². The molecule has 1 rings (SSSR count). The topological polar surface area (TPSA) is 12.5 Å². The van der Waals surface area contributed by atoms with Gasteiger partial charge in [-0.2, -0.15) is 0 Å². The van der Waals surface area contributed by atoms with Gasteiger partial charge in [-0.1, -0.05) is 0 Å². The second-order valence-electron chi connectivity index (χ2n) is 3.06. The number of hydrogen-bond acceptors (Lipinski definition) is 2. The second kappa shape index (κ2) is 4.62. The van der Waals surface area contributed by atoms with Gasteiger partial charge in [0.1, 0.15) is 0 Å². The summed E-state index contributed by atoms with van der Waals surface area (Å²) in [6, 6.07) is 0. The molecule has 0 aromatic rings. The number of methoxy groups -OCH3 is 1. The first-order valence-corrected chi connectivity index (χ1v) is 9.30. The van der Waals surface area contributed by atoms with Crippen molar-refractivity contribution in [1.29, 1.82) is 0 Å². The molecule has 68 valence electrons. The summed E-state index contributed by atoms with van der Waals surface area (Å²) in [6.07, 6.45) is 3.03. The zero-order chi connectivity index (χ0) is 8.27. The second-order valence-corrected chi connectivity index (χ2v) is 8.51. The van der Waals surface area contributed by atoms with Gasteiger partial charge < -0.3 is 0 Å². The first kappa shape index (κ1) is 9.74. The van der Waals surface area contributed by atoms with Gasteiger partial charge in [-0.25, -0.2) is 0 Å². The summed E-state index contributed by atoms with van der Waals surface area (Å²) in [4.78, 5) is 4.83. The van der Waals surface area contributed by atoms with E-state index in [0.717, 1.165) is 0 Å². The molecule has 1 heterocycles. The predicted molar refractivity (Wildman–Crippen MR) is 57.5 cm³/mol. The average molecular weight is 271 g/mol. The van der Waals surface area contributed by atoms with Crippen LogP contribution in [0.2, 0.25) is 0 Å². The molecular weight excluding hydrogens is 253 g/mol. The third-order valence-electron chi connectivity index (χ3n) is 2.20. The van der Waals surface area contributed by atoms with Crippen molar-refractivity contribution in [1.82, 2.24) is 3.11 Å². The first-order valence-electron chi connectivity index (χ1n) is 4.02. The van der Waals surface area contributed by atoms with Crippen LogP contribution in [0.25, 0.3) is 0 Å². The Morgan fingerprint density at radius 2 is 1.82 bits per heavy atom. The molecule has 1 aliphatic heterocycles. The number of nitrogens with zero attached hydrogens (tertiary/aromatic N) is 1. The Labute approximate surface area is 77.0 Å². The van der Waals surface area contributed by atoms with Crippen LogP contribution >= 0.6 is 20.1 Å². The zero-order valence-electron chi connectivity index (χ0n) is 7.64. The first-order chi connectivity index (χ1) is 5.24. The molecule has 0 atom stereocenters. The van der Waals surface area contributed by atoms with E-state index in [9.17, 15) is 0 Å². The monoisotopic (exact) mass is 271 g/mol. The molecule has 1 aliphatic rings. The molecule has 3 heteroatoms. The Hall–Kier alpha value is 0.650. The molecule has 11 heavy (non-hydrogen) atoms. The summed E-state index contributed by atoms with van der Waals surface area (Å²) >= 11 is -0.668. The van der Waals surface area contributed by atoms with Gasteiger partial charge >= 0.3 is 76.9 Å². The summed E-state index contributed by atoms with van der Waals surface area (Å²) in [5.41, 5.74) is 0. The van der Waals surface area contributed by atoms with E-state index in [4.69, 9.17) is 4.74 Å². The zero-order valence-corrected chi connectivity index (χ0v) is 9.80. The average Bonchev–Trinajstić information content (AvgIpc) is 2.05. The summed E-state index contributed by atoms with van der Waals surface area (Å²) in [5.74, 6) is 0. The molecule has 0 aromatic carbocycles.